The number of carbonyl (C=O) groups excluding carboxylic acids is 1. The Morgan fingerprint density at radius 2 is 2.00 bits per heavy atom. The van der Waals surface area contributed by atoms with Gasteiger partial charge in [0.05, 0.1) is 28.9 Å². The number of aromatic nitrogens is 4. The highest BCUT2D eigenvalue weighted by molar-refractivity contribution is 5.96. The second kappa shape index (κ2) is 9.02. The lowest BCUT2D eigenvalue weighted by atomic mass is 10.0. The number of carbonyl (C=O) groups is 1. The van der Waals surface area contributed by atoms with Crippen molar-refractivity contribution in [1.29, 1.82) is 0 Å². The van der Waals surface area contributed by atoms with Gasteiger partial charge in [-0.3, -0.25) is 9.78 Å². The van der Waals surface area contributed by atoms with Crippen molar-refractivity contribution in [2.45, 2.75) is 51.2 Å². The smallest absolute Gasteiger partial charge is 0.251 e. The van der Waals surface area contributed by atoms with Crippen molar-refractivity contribution in [3.8, 4) is 22.5 Å². The van der Waals surface area contributed by atoms with Crippen molar-refractivity contribution in [2.75, 3.05) is 18.5 Å². The van der Waals surface area contributed by atoms with Gasteiger partial charge in [-0.25, -0.2) is 9.50 Å². The third-order valence-corrected chi connectivity index (χ3v) is 7.08. The van der Waals surface area contributed by atoms with Crippen LogP contribution in [0, 0.1) is 6.92 Å². The van der Waals surface area contributed by atoms with Gasteiger partial charge in [0.15, 0.2) is 5.65 Å². The van der Waals surface area contributed by atoms with E-state index in [-0.39, 0.29) is 11.5 Å². The third-order valence-electron chi connectivity index (χ3n) is 7.08. The van der Waals surface area contributed by atoms with E-state index < -0.39 is 0 Å². The molecule has 1 aromatic carbocycles. The highest BCUT2D eigenvalue weighted by atomic mass is 16.5. The average molecular weight is 483 g/mol. The second-order valence-corrected chi connectivity index (χ2v) is 10.1. The normalized spacial score (nSPS) is 19.5. The predicted octanol–water partition coefficient (Wildman–Crippen LogP) is 4.64. The van der Waals surface area contributed by atoms with Gasteiger partial charge in [0.1, 0.15) is 0 Å². The number of fused-ring (bicyclic) bond motifs is 1. The molecule has 8 nitrogen and oxygen atoms in total. The first-order valence-electron chi connectivity index (χ1n) is 12.6. The summed E-state index contributed by atoms with van der Waals surface area (Å²) in [6.45, 7) is 5.61. The summed E-state index contributed by atoms with van der Waals surface area (Å²) in [4.78, 5) is 21.5. The third kappa shape index (κ3) is 4.44. The fourth-order valence-corrected chi connectivity index (χ4v) is 4.79. The van der Waals surface area contributed by atoms with E-state index in [2.05, 4.69) is 22.5 Å². The molecule has 0 bridgehead atoms. The molecular weight excluding hydrogens is 452 g/mol. The number of nitrogens with zero attached hydrogens (tertiary/aromatic N) is 4. The quantitative estimate of drug-likeness (QED) is 0.399. The van der Waals surface area contributed by atoms with Gasteiger partial charge in [0.25, 0.3) is 5.91 Å². The molecule has 1 unspecified atom stereocenters. The van der Waals surface area contributed by atoms with E-state index >= 15 is 0 Å². The maximum atomic E-state index is 12.6. The van der Waals surface area contributed by atoms with Crippen molar-refractivity contribution in [2.24, 2.45) is 0 Å². The van der Waals surface area contributed by atoms with E-state index in [0.717, 1.165) is 71.7 Å². The molecule has 4 heterocycles. The molecule has 1 saturated carbocycles. The van der Waals surface area contributed by atoms with Crippen molar-refractivity contribution < 1.29 is 9.53 Å². The summed E-state index contributed by atoms with van der Waals surface area (Å²) in [6, 6.07) is 12.2. The first-order valence-corrected chi connectivity index (χ1v) is 12.6. The molecule has 1 aliphatic carbocycles. The summed E-state index contributed by atoms with van der Waals surface area (Å²) in [7, 11) is 0. The maximum Gasteiger partial charge on any atom is 0.251 e. The fraction of sp³-hybridized carbons (Fsp3) is 0.357. The Balaban J connectivity index is 1.39. The molecule has 6 rings (SSSR count). The SMILES string of the molecule is Cc1cc(-c2cnc3c(NCC4(C)CCCO4)cc(-c4ccncc4)nn23)ccc1C(=O)NC1CC1. The second-order valence-electron chi connectivity index (χ2n) is 10.1. The number of hydrogen-bond donors (Lipinski definition) is 2. The van der Waals surface area contributed by atoms with Crippen LogP contribution < -0.4 is 10.6 Å². The molecule has 8 heteroatoms. The predicted molar refractivity (Wildman–Crippen MR) is 139 cm³/mol. The molecule has 0 spiro atoms. The number of anilines is 1. The van der Waals surface area contributed by atoms with E-state index in [0.29, 0.717) is 18.2 Å². The van der Waals surface area contributed by atoms with Crippen molar-refractivity contribution in [3.05, 3.63) is 66.1 Å². The van der Waals surface area contributed by atoms with E-state index in [4.69, 9.17) is 14.8 Å². The molecular formula is C28H30N6O2. The molecule has 3 aromatic heterocycles. The number of aryl methyl sites for hydroxylation is 1. The average Bonchev–Trinajstić information content (AvgIpc) is 3.42. The van der Waals surface area contributed by atoms with E-state index in [1.807, 2.05) is 54.0 Å². The van der Waals surface area contributed by atoms with Crippen LogP contribution in [0.1, 0.15) is 48.5 Å². The van der Waals surface area contributed by atoms with Crippen LogP contribution >= 0.6 is 0 Å². The van der Waals surface area contributed by atoms with Crippen molar-refractivity contribution >= 4 is 17.2 Å². The van der Waals surface area contributed by atoms with Crippen LogP contribution in [0.5, 0.6) is 0 Å². The standard InChI is InChI=1S/C28H30N6O2/c1-18-14-20(4-7-22(18)27(35)32-21-5-6-21)25-16-30-26-24(31-17-28(2)10-3-13-36-28)15-23(33-34(25)26)19-8-11-29-12-9-19/h4,7-9,11-12,14-16,21,31H,3,5-6,10,13,17H2,1-2H3,(H,32,35). The summed E-state index contributed by atoms with van der Waals surface area (Å²) >= 11 is 0. The molecule has 1 atom stereocenters. The van der Waals surface area contributed by atoms with Crippen LogP contribution in [0.4, 0.5) is 5.69 Å². The molecule has 2 fully saturated rings. The largest absolute Gasteiger partial charge is 0.379 e. The van der Waals surface area contributed by atoms with Crippen molar-refractivity contribution in [1.82, 2.24) is 24.9 Å². The molecule has 1 amide bonds. The fourth-order valence-electron chi connectivity index (χ4n) is 4.79. The minimum atomic E-state index is -0.194. The van der Waals surface area contributed by atoms with E-state index in [1.54, 1.807) is 12.4 Å². The molecule has 4 aromatic rings. The van der Waals surface area contributed by atoms with Gasteiger partial charge >= 0.3 is 0 Å². The molecule has 2 aliphatic rings. The van der Waals surface area contributed by atoms with Crippen LogP contribution in [0.25, 0.3) is 28.2 Å². The van der Waals surface area contributed by atoms with E-state index in [9.17, 15) is 4.79 Å². The Bertz CT molecular complexity index is 1420. The molecule has 184 valence electrons. The molecule has 36 heavy (non-hydrogen) atoms. The number of imidazole rings is 1. The number of hydrogen-bond acceptors (Lipinski definition) is 6. The number of amides is 1. The zero-order chi connectivity index (χ0) is 24.7. The van der Waals surface area contributed by atoms with Crippen LogP contribution in [-0.2, 0) is 4.74 Å². The monoisotopic (exact) mass is 482 g/mol. The van der Waals surface area contributed by atoms with Gasteiger partial charge in [-0.05, 0) is 75.4 Å². The van der Waals surface area contributed by atoms with E-state index in [1.165, 1.54) is 0 Å². The van der Waals surface area contributed by atoms with Crippen LogP contribution in [0.2, 0.25) is 0 Å². The van der Waals surface area contributed by atoms with Gasteiger partial charge in [0, 0.05) is 48.3 Å². The summed E-state index contributed by atoms with van der Waals surface area (Å²) < 4.78 is 7.87. The summed E-state index contributed by atoms with van der Waals surface area (Å²) in [6.07, 6.45) is 9.62. The highest BCUT2D eigenvalue weighted by Gasteiger charge is 2.30. The maximum absolute atomic E-state index is 12.6. The van der Waals surface area contributed by atoms with Gasteiger partial charge in [0.2, 0.25) is 0 Å². The van der Waals surface area contributed by atoms with Crippen LogP contribution in [0.3, 0.4) is 0 Å². The topological polar surface area (TPSA) is 93.4 Å². The summed E-state index contributed by atoms with van der Waals surface area (Å²) in [5.74, 6) is -0.00750. The number of rotatable bonds is 7. The zero-order valence-electron chi connectivity index (χ0n) is 20.6. The Morgan fingerprint density at radius 3 is 2.72 bits per heavy atom. The summed E-state index contributed by atoms with van der Waals surface area (Å²) in [5.41, 5.74) is 6.70. The molecule has 0 radical (unpaired) electrons. The minimum Gasteiger partial charge on any atom is -0.379 e. The first-order chi connectivity index (χ1) is 17.5. The Labute approximate surface area is 210 Å². The van der Waals surface area contributed by atoms with Gasteiger partial charge in [-0.1, -0.05) is 6.07 Å². The van der Waals surface area contributed by atoms with Crippen LogP contribution in [-0.4, -0.2) is 50.3 Å². The van der Waals surface area contributed by atoms with Gasteiger partial charge in [-0.2, -0.15) is 5.10 Å². The minimum absolute atomic E-state index is 0.00750. The Hall–Kier alpha value is -3.78. The number of ether oxygens (including phenoxy) is 1. The molecule has 1 aliphatic heterocycles. The molecule has 2 N–H and O–H groups in total. The lowest BCUT2D eigenvalue weighted by Crippen LogP contribution is -2.32. The highest BCUT2D eigenvalue weighted by Crippen LogP contribution is 2.31. The van der Waals surface area contributed by atoms with Crippen molar-refractivity contribution in [3.63, 3.8) is 0 Å². The number of benzene rings is 1. The van der Waals surface area contributed by atoms with Gasteiger partial charge in [-0.15, -0.1) is 0 Å². The lowest BCUT2D eigenvalue weighted by molar-refractivity contribution is 0.0315. The van der Waals surface area contributed by atoms with Gasteiger partial charge < -0.3 is 15.4 Å². The number of pyridine rings is 1. The number of nitrogens with one attached hydrogen (secondary N) is 2. The Kier molecular flexibility index (Phi) is 5.68. The van der Waals surface area contributed by atoms with Crippen LogP contribution in [0.15, 0.2) is 55.0 Å². The first kappa shape index (κ1) is 22.7. The zero-order valence-corrected chi connectivity index (χ0v) is 20.6. The molecule has 1 saturated heterocycles. The summed E-state index contributed by atoms with van der Waals surface area (Å²) in [5, 5.41) is 11.6. The Morgan fingerprint density at radius 1 is 1.17 bits per heavy atom. The lowest BCUT2D eigenvalue weighted by Gasteiger charge is -2.24.